The predicted molar refractivity (Wildman–Crippen MR) is 78.5 cm³/mol. The Labute approximate surface area is 122 Å². The van der Waals surface area contributed by atoms with Gasteiger partial charge in [0.2, 0.25) is 0 Å². The fourth-order valence-corrected chi connectivity index (χ4v) is 2.05. The second-order valence-corrected chi connectivity index (χ2v) is 4.26. The molecule has 0 bridgehead atoms. The van der Waals surface area contributed by atoms with Gasteiger partial charge in [0.25, 0.3) is 0 Å². The number of benzene rings is 2. The van der Waals surface area contributed by atoms with Crippen LogP contribution in [0.5, 0.6) is 5.75 Å². The van der Waals surface area contributed by atoms with Crippen LogP contribution >= 0.6 is 24.0 Å². The molecule has 2 rings (SSSR count). The Morgan fingerprint density at radius 1 is 1.21 bits per heavy atom. The smallest absolute Gasteiger partial charge is 0.123 e. The summed E-state index contributed by atoms with van der Waals surface area (Å²) in [6.45, 7) is 0.351. The van der Waals surface area contributed by atoms with E-state index in [9.17, 15) is 4.39 Å². The third-order valence-electron chi connectivity index (χ3n) is 2.74. The van der Waals surface area contributed by atoms with Crippen LogP contribution in [0.15, 0.2) is 36.4 Å². The minimum Gasteiger partial charge on any atom is -0.496 e. The molecule has 0 unspecified atom stereocenters. The van der Waals surface area contributed by atoms with Crippen molar-refractivity contribution in [2.45, 2.75) is 6.54 Å². The molecule has 0 aliphatic carbocycles. The van der Waals surface area contributed by atoms with E-state index in [-0.39, 0.29) is 18.2 Å². The van der Waals surface area contributed by atoms with Crippen LogP contribution in [0.2, 0.25) is 5.02 Å². The topological polar surface area (TPSA) is 35.2 Å². The summed E-state index contributed by atoms with van der Waals surface area (Å²) in [5, 5.41) is 0.504. The molecule has 102 valence electrons. The van der Waals surface area contributed by atoms with Gasteiger partial charge in [0, 0.05) is 22.7 Å². The molecule has 0 atom stereocenters. The van der Waals surface area contributed by atoms with Crippen molar-refractivity contribution >= 4 is 24.0 Å². The minimum absolute atomic E-state index is 0. The number of nitrogens with two attached hydrogens (primary N) is 1. The highest BCUT2D eigenvalue weighted by atomic mass is 35.5. The number of hydrogen-bond acceptors (Lipinski definition) is 2. The summed E-state index contributed by atoms with van der Waals surface area (Å²) in [6, 6.07) is 9.78. The number of methoxy groups -OCH3 is 1. The minimum atomic E-state index is -0.320. The van der Waals surface area contributed by atoms with Crippen molar-refractivity contribution in [3.63, 3.8) is 0 Å². The van der Waals surface area contributed by atoms with Crippen LogP contribution in [-0.2, 0) is 6.54 Å². The number of hydrogen-bond donors (Lipinski definition) is 1. The Hall–Kier alpha value is -1.29. The van der Waals surface area contributed by atoms with Gasteiger partial charge < -0.3 is 10.5 Å². The number of rotatable bonds is 3. The molecule has 5 heteroatoms. The van der Waals surface area contributed by atoms with E-state index in [1.165, 1.54) is 12.1 Å². The van der Waals surface area contributed by atoms with E-state index >= 15 is 0 Å². The average molecular weight is 302 g/mol. The van der Waals surface area contributed by atoms with Gasteiger partial charge in [-0.05, 0) is 35.9 Å². The summed E-state index contributed by atoms with van der Waals surface area (Å²) in [5.74, 6) is 0.397. The Kier molecular flexibility index (Phi) is 5.60. The Balaban J connectivity index is 0.00000180. The van der Waals surface area contributed by atoms with Crippen molar-refractivity contribution in [2.75, 3.05) is 7.11 Å². The monoisotopic (exact) mass is 301 g/mol. The first kappa shape index (κ1) is 15.8. The van der Waals surface area contributed by atoms with E-state index in [4.69, 9.17) is 22.1 Å². The first-order chi connectivity index (χ1) is 8.65. The van der Waals surface area contributed by atoms with Crippen molar-refractivity contribution in [1.82, 2.24) is 0 Å². The SMILES string of the molecule is COc1ccc(-c2cc(F)ccc2Cl)cc1CN.Cl. The van der Waals surface area contributed by atoms with Gasteiger partial charge in [-0.25, -0.2) is 4.39 Å². The summed E-state index contributed by atoms with van der Waals surface area (Å²) in [4.78, 5) is 0. The van der Waals surface area contributed by atoms with Gasteiger partial charge in [-0.15, -0.1) is 12.4 Å². The highest BCUT2D eigenvalue weighted by Crippen LogP contribution is 2.31. The molecular formula is C14H14Cl2FNO. The van der Waals surface area contributed by atoms with Gasteiger partial charge >= 0.3 is 0 Å². The maximum absolute atomic E-state index is 13.3. The molecule has 0 heterocycles. The second kappa shape index (κ2) is 6.75. The molecule has 0 aromatic heterocycles. The van der Waals surface area contributed by atoms with Crippen LogP contribution < -0.4 is 10.5 Å². The lowest BCUT2D eigenvalue weighted by Gasteiger charge is -2.10. The van der Waals surface area contributed by atoms with E-state index in [0.29, 0.717) is 22.9 Å². The van der Waals surface area contributed by atoms with E-state index in [2.05, 4.69) is 0 Å². The first-order valence-electron chi connectivity index (χ1n) is 5.48. The second-order valence-electron chi connectivity index (χ2n) is 3.85. The zero-order valence-corrected chi connectivity index (χ0v) is 11.9. The van der Waals surface area contributed by atoms with Gasteiger partial charge in [-0.2, -0.15) is 0 Å². The molecule has 0 saturated carbocycles. The van der Waals surface area contributed by atoms with Gasteiger partial charge in [0.1, 0.15) is 11.6 Å². The lowest BCUT2D eigenvalue weighted by atomic mass is 10.0. The van der Waals surface area contributed by atoms with E-state index in [1.54, 1.807) is 19.2 Å². The van der Waals surface area contributed by atoms with Crippen LogP contribution in [-0.4, -0.2) is 7.11 Å². The fourth-order valence-electron chi connectivity index (χ4n) is 1.82. The molecule has 0 aliphatic rings. The van der Waals surface area contributed by atoms with Crippen molar-refractivity contribution < 1.29 is 9.13 Å². The Bertz CT molecular complexity index is 575. The molecule has 0 aliphatic heterocycles. The van der Waals surface area contributed by atoms with Gasteiger partial charge in [-0.1, -0.05) is 17.7 Å². The van der Waals surface area contributed by atoms with Crippen LogP contribution in [0.25, 0.3) is 11.1 Å². The van der Waals surface area contributed by atoms with Gasteiger partial charge in [0.15, 0.2) is 0 Å². The highest BCUT2D eigenvalue weighted by Gasteiger charge is 2.08. The maximum Gasteiger partial charge on any atom is 0.123 e. The molecule has 2 nitrogen and oxygen atoms in total. The van der Waals surface area contributed by atoms with Crippen molar-refractivity contribution in [1.29, 1.82) is 0 Å². The van der Waals surface area contributed by atoms with E-state index < -0.39 is 0 Å². The average Bonchev–Trinajstić information content (AvgIpc) is 2.40. The van der Waals surface area contributed by atoms with Crippen LogP contribution in [0.1, 0.15) is 5.56 Å². The molecule has 2 aromatic rings. The first-order valence-corrected chi connectivity index (χ1v) is 5.86. The molecule has 19 heavy (non-hydrogen) atoms. The van der Waals surface area contributed by atoms with Crippen molar-refractivity contribution in [2.24, 2.45) is 5.73 Å². The molecule has 0 radical (unpaired) electrons. The van der Waals surface area contributed by atoms with Gasteiger partial charge in [-0.3, -0.25) is 0 Å². The highest BCUT2D eigenvalue weighted by molar-refractivity contribution is 6.33. The fraction of sp³-hybridized carbons (Fsp3) is 0.143. The molecular weight excluding hydrogens is 288 g/mol. The standard InChI is InChI=1S/C14H13ClFNO.ClH/c1-18-14-5-2-9(6-10(14)8-17)12-7-11(16)3-4-13(12)15;/h2-7H,8,17H2,1H3;1H. The maximum atomic E-state index is 13.3. The van der Waals surface area contributed by atoms with Crippen molar-refractivity contribution in [3.05, 3.63) is 52.8 Å². The predicted octanol–water partition coefficient (Wildman–Crippen LogP) is 4.04. The molecule has 2 aromatic carbocycles. The molecule has 0 saturated heterocycles. The molecule has 0 amide bonds. The summed E-state index contributed by atoms with van der Waals surface area (Å²) >= 11 is 6.07. The van der Waals surface area contributed by atoms with Crippen molar-refractivity contribution in [3.8, 4) is 16.9 Å². The summed E-state index contributed by atoms with van der Waals surface area (Å²) in [6.07, 6.45) is 0. The third kappa shape index (κ3) is 3.38. The Morgan fingerprint density at radius 2 is 1.95 bits per heavy atom. The van der Waals surface area contributed by atoms with Crippen LogP contribution in [0, 0.1) is 5.82 Å². The summed E-state index contributed by atoms with van der Waals surface area (Å²) < 4.78 is 18.4. The number of halogens is 3. The van der Waals surface area contributed by atoms with E-state index in [0.717, 1.165) is 11.1 Å². The molecule has 2 N–H and O–H groups in total. The lowest BCUT2D eigenvalue weighted by molar-refractivity contribution is 0.410. The number of ether oxygens (including phenoxy) is 1. The zero-order valence-electron chi connectivity index (χ0n) is 10.3. The Morgan fingerprint density at radius 3 is 2.58 bits per heavy atom. The zero-order chi connectivity index (χ0) is 13.1. The summed E-state index contributed by atoms with van der Waals surface area (Å²) in [5.41, 5.74) is 7.98. The lowest BCUT2D eigenvalue weighted by Crippen LogP contribution is -2.00. The van der Waals surface area contributed by atoms with E-state index in [1.807, 2.05) is 12.1 Å². The molecule has 0 spiro atoms. The third-order valence-corrected chi connectivity index (χ3v) is 3.07. The largest absolute Gasteiger partial charge is 0.496 e. The van der Waals surface area contributed by atoms with Crippen LogP contribution in [0.4, 0.5) is 4.39 Å². The quantitative estimate of drug-likeness (QED) is 0.929. The molecule has 0 fully saturated rings. The van der Waals surface area contributed by atoms with Gasteiger partial charge in [0.05, 0.1) is 7.11 Å². The normalized spacial score (nSPS) is 9.89. The summed E-state index contributed by atoms with van der Waals surface area (Å²) in [7, 11) is 1.59. The van der Waals surface area contributed by atoms with Crippen LogP contribution in [0.3, 0.4) is 0 Å².